The van der Waals surface area contributed by atoms with Crippen molar-refractivity contribution in [1.29, 1.82) is 0 Å². The van der Waals surface area contributed by atoms with E-state index in [4.69, 9.17) is 11.6 Å². The lowest BCUT2D eigenvalue weighted by molar-refractivity contribution is 0.0953. The van der Waals surface area contributed by atoms with Crippen molar-refractivity contribution in [3.8, 4) is 0 Å². The first-order chi connectivity index (χ1) is 13.0. The van der Waals surface area contributed by atoms with Gasteiger partial charge in [-0.2, -0.15) is 0 Å². The average Bonchev–Trinajstić information content (AvgIpc) is 2.69. The number of carbonyl (C=O) groups is 2. The maximum absolute atomic E-state index is 12.4. The zero-order chi connectivity index (χ0) is 19.2. The first-order valence-corrected chi connectivity index (χ1v) is 8.82. The van der Waals surface area contributed by atoms with E-state index in [0.717, 1.165) is 17.5 Å². The van der Waals surface area contributed by atoms with Crippen molar-refractivity contribution in [2.75, 3.05) is 7.05 Å². The summed E-state index contributed by atoms with van der Waals surface area (Å²) in [7, 11) is 1.53. The fourth-order valence-corrected chi connectivity index (χ4v) is 2.85. The van der Waals surface area contributed by atoms with Crippen molar-refractivity contribution in [1.82, 2.24) is 15.3 Å². The topological polar surface area (TPSA) is 72.0 Å². The molecule has 0 spiro atoms. The Hall–Kier alpha value is -3.05. The van der Waals surface area contributed by atoms with Gasteiger partial charge < -0.3 is 5.32 Å². The molecule has 6 heteroatoms. The zero-order valence-electron chi connectivity index (χ0n) is 14.8. The van der Waals surface area contributed by atoms with Crippen LogP contribution in [-0.4, -0.2) is 28.7 Å². The Morgan fingerprint density at radius 3 is 2.48 bits per heavy atom. The van der Waals surface area contributed by atoms with Crippen LogP contribution in [-0.2, 0) is 12.8 Å². The van der Waals surface area contributed by atoms with Gasteiger partial charge in [0.15, 0.2) is 5.78 Å². The highest BCUT2D eigenvalue weighted by atomic mass is 35.5. The molecule has 0 aliphatic heterocycles. The number of aromatic nitrogens is 2. The Labute approximate surface area is 162 Å². The van der Waals surface area contributed by atoms with Crippen LogP contribution < -0.4 is 5.32 Å². The number of pyridine rings is 2. The van der Waals surface area contributed by atoms with Gasteiger partial charge in [0.25, 0.3) is 5.91 Å². The van der Waals surface area contributed by atoms with Crippen LogP contribution in [0.3, 0.4) is 0 Å². The number of ketones is 1. The van der Waals surface area contributed by atoms with Gasteiger partial charge in [-0.1, -0.05) is 29.8 Å². The van der Waals surface area contributed by atoms with Gasteiger partial charge in [-0.3, -0.25) is 19.6 Å². The van der Waals surface area contributed by atoms with Crippen molar-refractivity contribution < 1.29 is 9.59 Å². The van der Waals surface area contributed by atoms with E-state index in [1.807, 2.05) is 36.4 Å². The van der Waals surface area contributed by atoms with Gasteiger partial charge in [-0.05, 0) is 47.9 Å². The van der Waals surface area contributed by atoms with Gasteiger partial charge in [0.1, 0.15) is 5.69 Å². The third-order valence-electron chi connectivity index (χ3n) is 4.07. The molecule has 3 rings (SSSR count). The molecule has 0 bridgehead atoms. The van der Waals surface area contributed by atoms with E-state index in [0.29, 0.717) is 16.3 Å². The second-order valence-electron chi connectivity index (χ2n) is 6.08. The minimum Gasteiger partial charge on any atom is -0.354 e. The molecule has 3 aromatic rings. The third kappa shape index (κ3) is 4.99. The fraction of sp³-hybridized carbons (Fsp3) is 0.143. The van der Waals surface area contributed by atoms with Crippen molar-refractivity contribution in [3.63, 3.8) is 0 Å². The van der Waals surface area contributed by atoms with Crippen LogP contribution in [0, 0.1) is 0 Å². The number of amides is 1. The van der Waals surface area contributed by atoms with Gasteiger partial charge in [0.2, 0.25) is 0 Å². The molecule has 2 heterocycles. The number of hydrogen-bond acceptors (Lipinski definition) is 4. The lowest BCUT2D eigenvalue weighted by atomic mass is 10.0. The smallest absolute Gasteiger partial charge is 0.269 e. The zero-order valence-corrected chi connectivity index (χ0v) is 15.5. The van der Waals surface area contributed by atoms with Gasteiger partial charge >= 0.3 is 0 Å². The molecule has 0 saturated carbocycles. The Balaban J connectivity index is 1.63. The van der Waals surface area contributed by atoms with E-state index in [9.17, 15) is 9.59 Å². The van der Waals surface area contributed by atoms with Gasteiger partial charge in [-0.15, -0.1) is 0 Å². The fourth-order valence-electron chi connectivity index (χ4n) is 2.63. The van der Waals surface area contributed by atoms with Crippen LogP contribution in [0.2, 0.25) is 5.02 Å². The minimum absolute atomic E-state index is 0.0963. The number of carbonyl (C=O) groups excluding carboxylic acids is 2. The molecule has 0 saturated heterocycles. The summed E-state index contributed by atoms with van der Waals surface area (Å²) >= 11 is 6.01. The van der Waals surface area contributed by atoms with Crippen LogP contribution in [0.15, 0.2) is 60.9 Å². The largest absolute Gasteiger partial charge is 0.354 e. The van der Waals surface area contributed by atoms with E-state index in [1.165, 1.54) is 19.3 Å². The molecular formula is C21H18ClN3O2. The number of Topliss-reactive ketones (excluding diaryl/α,β-unsaturated/α-hetero) is 1. The molecule has 5 nitrogen and oxygen atoms in total. The highest BCUT2D eigenvalue weighted by Gasteiger charge is 2.11. The summed E-state index contributed by atoms with van der Waals surface area (Å²) in [6, 6.07) is 14.7. The van der Waals surface area contributed by atoms with Gasteiger partial charge in [0.05, 0.1) is 6.42 Å². The molecule has 1 aromatic carbocycles. The lowest BCUT2D eigenvalue weighted by Crippen LogP contribution is -2.19. The summed E-state index contributed by atoms with van der Waals surface area (Å²) in [5.74, 6) is -0.382. The molecule has 1 amide bonds. The number of benzene rings is 1. The van der Waals surface area contributed by atoms with Crippen molar-refractivity contribution in [3.05, 3.63) is 94.0 Å². The quantitative estimate of drug-likeness (QED) is 0.665. The molecule has 0 unspecified atom stereocenters. The van der Waals surface area contributed by atoms with Gasteiger partial charge in [0, 0.05) is 35.7 Å². The van der Waals surface area contributed by atoms with Gasteiger partial charge in [-0.25, -0.2) is 0 Å². The van der Waals surface area contributed by atoms with Crippen LogP contribution >= 0.6 is 11.6 Å². The van der Waals surface area contributed by atoms with E-state index < -0.39 is 0 Å². The van der Waals surface area contributed by atoms with E-state index in [2.05, 4.69) is 15.3 Å². The van der Waals surface area contributed by atoms with Crippen LogP contribution in [0.5, 0.6) is 0 Å². The first kappa shape index (κ1) is 18.7. The minimum atomic E-state index is -0.286. The standard InChI is InChI=1S/C21H18ClN3O2/c1-23-21(27)19-8-6-16(13-25-19)20(26)11-18-7-5-15(12-24-18)9-14-3-2-4-17(22)10-14/h2-8,10,12-13H,9,11H2,1H3,(H,23,27). The monoisotopic (exact) mass is 379 g/mol. The molecular weight excluding hydrogens is 362 g/mol. The number of nitrogens with one attached hydrogen (secondary N) is 1. The Morgan fingerprint density at radius 2 is 1.85 bits per heavy atom. The lowest BCUT2D eigenvalue weighted by Gasteiger charge is -2.05. The van der Waals surface area contributed by atoms with Crippen LogP contribution in [0.4, 0.5) is 0 Å². The van der Waals surface area contributed by atoms with E-state index in [1.54, 1.807) is 12.3 Å². The highest BCUT2D eigenvalue weighted by molar-refractivity contribution is 6.30. The molecule has 0 aliphatic rings. The summed E-state index contributed by atoms with van der Waals surface area (Å²) in [6.07, 6.45) is 4.10. The number of nitrogens with zero attached hydrogens (tertiary/aromatic N) is 2. The Bertz CT molecular complexity index is 954. The predicted molar refractivity (Wildman–Crippen MR) is 104 cm³/mol. The molecule has 2 aromatic heterocycles. The second kappa shape index (κ2) is 8.56. The van der Waals surface area contributed by atoms with Crippen LogP contribution in [0.1, 0.15) is 37.7 Å². The molecule has 0 aliphatic carbocycles. The second-order valence-corrected chi connectivity index (χ2v) is 6.51. The molecule has 1 N–H and O–H groups in total. The number of hydrogen-bond donors (Lipinski definition) is 1. The first-order valence-electron chi connectivity index (χ1n) is 8.45. The molecule has 0 radical (unpaired) electrons. The highest BCUT2D eigenvalue weighted by Crippen LogP contribution is 2.15. The summed E-state index contributed by atoms with van der Waals surface area (Å²) in [5, 5.41) is 3.20. The summed E-state index contributed by atoms with van der Waals surface area (Å²) in [4.78, 5) is 32.3. The van der Waals surface area contributed by atoms with E-state index in [-0.39, 0.29) is 23.8 Å². The molecule has 27 heavy (non-hydrogen) atoms. The van der Waals surface area contributed by atoms with E-state index >= 15 is 0 Å². The number of halogens is 1. The molecule has 0 fully saturated rings. The molecule has 0 atom stereocenters. The SMILES string of the molecule is CNC(=O)c1ccc(C(=O)Cc2ccc(Cc3cccc(Cl)c3)cn2)cn1. The number of rotatable bonds is 6. The Morgan fingerprint density at radius 1 is 1.00 bits per heavy atom. The normalized spacial score (nSPS) is 10.4. The third-order valence-corrected chi connectivity index (χ3v) is 4.31. The summed E-state index contributed by atoms with van der Waals surface area (Å²) in [5.41, 5.74) is 3.57. The summed E-state index contributed by atoms with van der Waals surface area (Å²) in [6.45, 7) is 0. The molecule has 136 valence electrons. The van der Waals surface area contributed by atoms with Crippen molar-refractivity contribution >= 4 is 23.3 Å². The average molecular weight is 380 g/mol. The Kier molecular flexibility index (Phi) is 5.94. The maximum Gasteiger partial charge on any atom is 0.269 e. The van der Waals surface area contributed by atoms with Crippen LogP contribution in [0.25, 0.3) is 0 Å². The summed E-state index contributed by atoms with van der Waals surface area (Å²) < 4.78 is 0. The van der Waals surface area contributed by atoms with Crippen molar-refractivity contribution in [2.24, 2.45) is 0 Å². The van der Waals surface area contributed by atoms with Crippen molar-refractivity contribution in [2.45, 2.75) is 12.8 Å². The maximum atomic E-state index is 12.4. The predicted octanol–water partition coefficient (Wildman–Crippen LogP) is 3.51.